The number of methoxy groups -OCH3 is 1. The van der Waals surface area contributed by atoms with Gasteiger partial charge in [0.15, 0.2) is 0 Å². The lowest BCUT2D eigenvalue weighted by Crippen LogP contribution is -1.90. The molecule has 1 fully saturated rings. The Labute approximate surface area is 50.3 Å². The van der Waals surface area contributed by atoms with Crippen LogP contribution in [-0.2, 0) is 4.74 Å². The zero-order valence-electron chi connectivity index (χ0n) is 5.26. The Hall–Kier alpha value is -0.300. The van der Waals surface area contributed by atoms with Gasteiger partial charge in [0.1, 0.15) is 0 Å². The average molecular weight is 112 g/mol. The summed E-state index contributed by atoms with van der Waals surface area (Å²) in [5, 5.41) is 0. The van der Waals surface area contributed by atoms with Crippen molar-refractivity contribution >= 4 is 0 Å². The molecule has 0 aromatic heterocycles. The average Bonchev–Trinajstić information content (AvgIpc) is 2.48. The molecule has 1 nitrogen and oxygen atoms in total. The molecule has 46 valence electrons. The second-order valence-corrected chi connectivity index (χ2v) is 2.35. The SMILES string of the molecule is C=C[C@@H]1C[C@@H]1COC. The molecule has 8 heavy (non-hydrogen) atoms. The molecule has 1 heteroatoms. The van der Waals surface area contributed by atoms with E-state index < -0.39 is 0 Å². The largest absolute Gasteiger partial charge is 0.384 e. The fourth-order valence-electron chi connectivity index (χ4n) is 0.965. The third kappa shape index (κ3) is 1.10. The smallest absolute Gasteiger partial charge is 0.0496 e. The fourth-order valence-corrected chi connectivity index (χ4v) is 0.965. The van der Waals surface area contributed by atoms with Crippen LogP contribution in [0, 0.1) is 11.8 Å². The highest BCUT2D eigenvalue weighted by Crippen LogP contribution is 2.38. The van der Waals surface area contributed by atoms with Crippen molar-refractivity contribution in [3.63, 3.8) is 0 Å². The number of ether oxygens (including phenoxy) is 1. The van der Waals surface area contributed by atoms with Crippen LogP contribution in [0.5, 0.6) is 0 Å². The van der Waals surface area contributed by atoms with E-state index in [0.717, 1.165) is 18.4 Å². The Morgan fingerprint density at radius 2 is 2.62 bits per heavy atom. The molecule has 0 N–H and O–H groups in total. The lowest BCUT2D eigenvalue weighted by Gasteiger charge is -1.90. The molecular formula is C7H12O. The van der Waals surface area contributed by atoms with E-state index in [1.165, 1.54) is 6.42 Å². The van der Waals surface area contributed by atoms with Crippen molar-refractivity contribution in [2.75, 3.05) is 13.7 Å². The Balaban J connectivity index is 2.07. The van der Waals surface area contributed by atoms with Gasteiger partial charge in [-0.1, -0.05) is 6.08 Å². The summed E-state index contributed by atoms with van der Waals surface area (Å²) >= 11 is 0. The van der Waals surface area contributed by atoms with Crippen LogP contribution in [0.4, 0.5) is 0 Å². The van der Waals surface area contributed by atoms with Crippen molar-refractivity contribution in [3.8, 4) is 0 Å². The molecule has 0 unspecified atom stereocenters. The van der Waals surface area contributed by atoms with Crippen LogP contribution in [-0.4, -0.2) is 13.7 Å². The summed E-state index contributed by atoms with van der Waals surface area (Å²) in [4.78, 5) is 0. The van der Waals surface area contributed by atoms with Crippen LogP contribution in [0.15, 0.2) is 12.7 Å². The normalized spacial score (nSPS) is 34.6. The molecule has 1 rings (SSSR count). The molecule has 0 heterocycles. The molecule has 0 aliphatic heterocycles. The van der Waals surface area contributed by atoms with Crippen LogP contribution in [0.25, 0.3) is 0 Å². The number of hydrogen-bond donors (Lipinski definition) is 0. The van der Waals surface area contributed by atoms with Gasteiger partial charge in [0.2, 0.25) is 0 Å². The van der Waals surface area contributed by atoms with Crippen molar-refractivity contribution in [3.05, 3.63) is 12.7 Å². The maximum atomic E-state index is 4.95. The number of rotatable bonds is 3. The Morgan fingerprint density at radius 1 is 1.88 bits per heavy atom. The summed E-state index contributed by atoms with van der Waals surface area (Å²) in [6, 6.07) is 0. The zero-order valence-corrected chi connectivity index (χ0v) is 5.26. The topological polar surface area (TPSA) is 9.23 Å². The van der Waals surface area contributed by atoms with Gasteiger partial charge in [-0.25, -0.2) is 0 Å². The molecule has 1 aliphatic carbocycles. The zero-order chi connectivity index (χ0) is 5.98. The lowest BCUT2D eigenvalue weighted by atomic mass is 10.3. The molecule has 0 bridgehead atoms. The molecule has 1 aliphatic rings. The second kappa shape index (κ2) is 2.31. The molecule has 0 amide bonds. The summed E-state index contributed by atoms with van der Waals surface area (Å²) in [5.74, 6) is 1.55. The van der Waals surface area contributed by atoms with Gasteiger partial charge >= 0.3 is 0 Å². The highest BCUT2D eigenvalue weighted by Gasteiger charge is 2.33. The summed E-state index contributed by atoms with van der Waals surface area (Å²) < 4.78 is 4.95. The third-order valence-corrected chi connectivity index (χ3v) is 1.66. The third-order valence-electron chi connectivity index (χ3n) is 1.66. The second-order valence-electron chi connectivity index (χ2n) is 2.35. The van der Waals surface area contributed by atoms with Gasteiger partial charge in [-0.15, -0.1) is 6.58 Å². The van der Waals surface area contributed by atoms with Gasteiger partial charge in [-0.05, 0) is 18.3 Å². The summed E-state index contributed by atoms with van der Waals surface area (Å²) in [6.45, 7) is 4.61. The predicted molar refractivity (Wildman–Crippen MR) is 33.7 cm³/mol. The van der Waals surface area contributed by atoms with Crippen molar-refractivity contribution < 1.29 is 4.74 Å². The van der Waals surface area contributed by atoms with E-state index in [4.69, 9.17) is 4.74 Å². The van der Waals surface area contributed by atoms with E-state index in [1.807, 2.05) is 6.08 Å². The maximum absolute atomic E-state index is 4.95. The highest BCUT2D eigenvalue weighted by molar-refractivity contribution is 4.97. The molecule has 2 atom stereocenters. The van der Waals surface area contributed by atoms with Gasteiger partial charge in [0.05, 0.1) is 0 Å². The van der Waals surface area contributed by atoms with E-state index in [-0.39, 0.29) is 0 Å². The molecule has 0 spiro atoms. The van der Waals surface area contributed by atoms with Crippen molar-refractivity contribution in [2.45, 2.75) is 6.42 Å². The van der Waals surface area contributed by atoms with Crippen LogP contribution in [0.1, 0.15) is 6.42 Å². The number of hydrogen-bond acceptors (Lipinski definition) is 1. The van der Waals surface area contributed by atoms with Gasteiger partial charge < -0.3 is 4.74 Å². The lowest BCUT2D eigenvalue weighted by molar-refractivity contribution is 0.183. The van der Waals surface area contributed by atoms with Crippen LogP contribution < -0.4 is 0 Å². The Bertz CT molecular complexity index is 88.4. The van der Waals surface area contributed by atoms with Gasteiger partial charge in [-0.3, -0.25) is 0 Å². The maximum Gasteiger partial charge on any atom is 0.0496 e. The van der Waals surface area contributed by atoms with E-state index >= 15 is 0 Å². The summed E-state index contributed by atoms with van der Waals surface area (Å²) in [7, 11) is 1.75. The molecule has 1 saturated carbocycles. The van der Waals surface area contributed by atoms with Gasteiger partial charge in [0, 0.05) is 13.7 Å². The first-order chi connectivity index (χ1) is 3.88. The summed E-state index contributed by atoms with van der Waals surface area (Å²) in [6.07, 6.45) is 3.31. The van der Waals surface area contributed by atoms with Crippen molar-refractivity contribution in [1.29, 1.82) is 0 Å². The van der Waals surface area contributed by atoms with Crippen LogP contribution >= 0.6 is 0 Å². The van der Waals surface area contributed by atoms with Crippen LogP contribution in [0.2, 0.25) is 0 Å². The predicted octanol–water partition coefficient (Wildman–Crippen LogP) is 1.45. The molecule has 0 saturated heterocycles. The van der Waals surface area contributed by atoms with Gasteiger partial charge in [0.25, 0.3) is 0 Å². The quantitative estimate of drug-likeness (QED) is 0.502. The summed E-state index contributed by atoms with van der Waals surface area (Å²) in [5.41, 5.74) is 0. The first kappa shape index (κ1) is 5.83. The minimum absolute atomic E-state index is 0.759. The van der Waals surface area contributed by atoms with Gasteiger partial charge in [-0.2, -0.15) is 0 Å². The molecule has 0 aromatic carbocycles. The monoisotopic (exact) mass is 112 g/mol. The van der Waals surface area contributed by atoms with E-state index in [2.05, 4.69) is 6.58 Å². The number of allylic oxidation sites excluding steroid dienone is 1. The van der Waals surface area contributed by atoms with Crippen molar-refractivity contribution in [2.24, 2.45) is 11.8 Å². The minimum atomic E-state index is 0.759. The Kier molecular flexibility index (Phi) is 1.69. The Morgan fingerprint density at radius 3 is 3.00 bits per heavy atom. The van der Waals surface area contributed by atoms with E-state index in [1.54, 1.807) is 7.11 Å². The molecular weight excluding hydrogens is 100 g/mol. The molecule has 0 radical (unpaired) electrons. The first-order valence-corrected chi connectivity index (χ1v) is 3.00. The van der Waals surface area contributed by atoms with Crippen LogP contribution in [0.3, 0.4) is 0 Å². The highest BCUT2D eigenvalue weighted by atomic mass is 16.5. The van der Waals surface area contributed by atoms with E-state index in [9.17, 15) is 0 Å². The fraction of sp³-hybridized carbons (Fsp3) is 0.714. The minimum Gasteiger partial charge on any atom is -0.384 e. The standard InChI is InChI=1S/C7H12O/c1-3-6-4-7(6)5-8-2/h3,6-7H,1,4-5H2,2H3/t6-,7-/m1/s1. The molecule has 0 aromatic rings. The first-order valence-electron chi connectivity index (χ1n) is 3.00. The van der Waals surface area contributed by atoms with E-state index in [0.29, 0.717) is 0 Å². The van der Waals surface area contributed by atoms with Crippen molar-refractivity contribution in [1.82, 2.24) is 0 Å².